The zero-order valence-corrected chi connectivity index (χ0v) is 18.6. The van der Waals surface area contributed by atoms with E-state index in [4.69, 9.17) is 0 Å². The van der Waals surface area contributed by atoms with Crippen LogP contribution in [-0.2, 0) is 20.9 Å². The highest BCUT2D eigenvalue weighted by Crippen LogP contribution is 2.35. The monoisotopic (exact) mass is 452 g/mol. The van der Waals surface area contributed by atoms with Crippen molar-refractivity contribution in [2.75, 3.05) is 10.3 Å². The van der Waals surface area contributed by atoms with Crippen molar-refractivity contribution in [1.82, 2.24) is 4.90 Å². The molecular formula is C27H24N4O3. The van der Waals surface area contributed by atoms with Crippen molar-refractivity contribution in [3.8, 4) is 0 Å². The summed E-state index contributed by atoms with van der Waals surface area (Å²) in [5, 5.41) is 9.49. The van der Waals surface area contributed by atoms with Gasteiger partial charge in [-0.1, -0.05) is 60.7 Å². The Hall–Kier alpha value is -4.26. The molecule has 2 heterocycles. The topological polar surface area (TPSA) is 82.1 Å². The number of rotatable bonds is 6. The van der Waals surface area contributed by atoms with Crippen molar-refractivity contribution in [3.63, 3.8) is 0 Å². The molecule has 0 aromatic heterocycles. The predicted octanol–water partition coefficient (Wildman–Crippen LogP) is 4.28. The lowest BCUT2D eigenvalue weighted by molar-refractivity contribution is -0.139. The standard InChI is InChI=1S/C27H24N4O3/c32-25-15-16-26(33)30(25)18-19-11-13-21(14-12-19)28-27(34)23-17-24(20-7-3-1-4-8-20)31(29-23)22-9-5-2-6-10-22/h1-14,24H,15-18H2,(H,28,34). The molecule has 0 aliphatic carbocycles. The van der Waals surface area contributed by atoms with Crippen LogP contribution in [0.5, 0.6) is 0 Å². The lowest BCUT2D eigenvalue weighted by Gasteiger charge is -2.23. The first kappa shape index (κ1) is 21.6. The van der Waals surface area contributed by atoms with Crippen LogP contribution in [0.25, 0.3) is 0 Å². The lowest BCUT2D eigenvalue weighted by atomic mass is 10.0. The average Bonchev–Trinajstić information content (AvgIpc) is 3.46. The van der Waals surface area contributed by atoms with Gasteiger partial charge in [0.15, 0.2) is 0 Å². The molecule has 0 spiro atoms. The molecule has 3 aromatic rings. The minimum atomic E-state index is -0.253. The minimum Gasteiger partial charge on any atom is -0.321 e. The van der Waals surface area contributed by atoms with Crippen LogP contribution in [0, 0.1) is 0 Å². The molecule has 3 amide bonds. The number of hydrogen-bond acceptors (Lipinski definition) is 5. The van der Waals surface area contributed by atoms with Crippen molar-refractivity contribution in [2.24, 2.45) is 5.10 Å². The summed E-state index contributed by atoms with van der Waals surface area (Å²) in [6, 6.07) is 27.0. The smallest absolute Gasteiger partial charge is 0.271 e. The summed E-state index contributed by atoms with van der Waals surface area (Å²) in [6.07, 6.45) is 1.04. The van der Waals surface area contributed by atoms with E-state index >= 15 is 0 Å². The van der Waals surface area contributed by atoms with Crippen molar-refractivity contribution < 1.29 is 14.4 Å². The minimum absolute atomic E-state index is 0.0674. The second-order valence-electron chi connectivity index (χ2n) is 8.38. The maximum atomic E-state index is 13.1. The second kappa shape index (κ2) is 9.31. The number of anilines is 2. The van der Waals surface area contributed by atoms with Gasteiger partial charge in [-0.15, -0.1) is 0 Å². The molecule has 2 aliphatic heterocycles. The predicted molar refractivity (Wildman–Crippen MR) is 130 cm³/mol. The van der Waals surface area contributed by atoms with Gasteiger partial charge in [0.25, 0.3) is 5.91 Å². The van der Waals surface area contributed by atoms with Gasteiger partial charge in [0.05, 0.1) is 18.3 Å². The molecular weight excluding hydrogens is 428 g/mol. The van der Waals surface area contributed by atoms with Crippen molar-refractivity contribution in [2.45, 2.75) is 31.8 Å². The molecule has 1 N–H and O–H groups in total. The summed E-state index contributed by atoms with van der Waals surface area (Å²) < 4.78 is 0. The van der Waals surface area contributed by atoms with Crippen molar-refractivity contribution in [1.29, 1.82) is 0 Å². The molecule has 7 heteroatoms. The third kappa shape index (κ3) is 4.45. The lowest BCUT2D eigenvalue weighted by Crippen LogP contribution is -2.28. The average molecular weight is 453 g/mol. The third-order valence-electron chi connectivity index (χ3n) is 6.08. The molecule has 2 aliphatic rings. The summed E-state index contributed by atoms with van der Waals surface area (Å²) in [5.74, 6) is -0.535. The van der Waals surface area contributed by atoms with Crippen LogP contribution < -0.4 is 10.3 Å². The van der Waals surface area contributed by atoms with Crippen LogP contribution in [0.1, 0.15) is 36.4 Å². The summed E-state index contributed by atoms with van der Waals surface area (Å²) in [7, 11) is 0. The molecule has 1 fully saturated rings. The Morgan fingerprint density at radius 1 is 0.853 bits per heavy atom. The molecule has 34 heavy (non-hydrogen) atoms. The molecule has 7 nitrogen and oxygen atoms in total. The van der Waals surface area contributed by atoms with Crippen LogP contribution in [0.2, 0.25) is 0 Å². The molecule has 3 aromatic carbocycles. The summed E-state index contributed by atoms with van der Waals surface area (Å²) >= 11 is 0. The Morgan fingerprint density at radius 2 is 1.47 bits per heavy atom. The summed E-state index contributed by atoms with van der Waals surface area (Å²) in [5.41, 5.74) is 3.93. The number of para-hydroxylation sites is 1. The zero-order valence-electron chi connectivity index (χ0n) is 18.6. The van der Waals surface area contributed by atoms with E-state index in [1.807, 2.05) is 77.8 Å². The number of carbonyl (C=O) groups is 3. The molecule has 0 radical (unpaired) electrons. The van der Waals surface area contributed by atoms with E-state index in [9.17, 15) is 14.4 Å². The molecule has 170 valence electrons. The number of benzene rings is 3. The van der Waals surface area contributed by atoms with Gasteiger partial charge in [-0.25, -0.2) is 0 Å². The first-order valence-electron chi connectivity index (χ1n) is 11.3. The van der Waals surface area contributed by atoms with Crippen LogP contribution in [-0.4, -0.2) is 28.3 Å². The number of imide groups is 1. The zero-order chi connectivity index (χ0) is 23.5. The third-order valence-corrected chi connectivity index (χ3v) is 6.08. The first-order valence-corrected chi connectivity index (χ1v) is 11.3. The van der Waals surface area contributed by atoms with Gasteiger partial charge in [-0.05, 0) is 35.4 Å². The van der Waals surface area contributed by atoms with E-state index < -0.39 is 0 Å². The Balaban J connectivity index is 1.30. The molecule has 5 rings (SSSR count). The van der Waals surface area contributed by atoms with Crippen molar-refractivity contribution >= 4 is 34.8 Å². The Kier molecular flexibility index (Phi) is 5.91. The molecule has 1 unspecified atom stereocenters. The maximum Gasteiger partial charge on any atom is 0.271 e. The Morgan fingerprint density at radius 3 is 2.12 bits per heavy atom. The molecule has 0 saturated carbocycles. The highest BCUT2D eigenvalue weighted by Gasteiger charge is 2.32. The van der Waals surface area contributed by atoms with E-state index in [-0.39, 0.29) is 43.1 Å². The number of amides is 3. The fraction of sp³-hybridized carbons (Fsp3) is 0.185. The van der Waals surface area contributed by atoms with Crippen molar-refractivity contribution in [3.05, 3.63) is 96.1 Å². The van der Waals surface area contributed by atoms with Crippen LogP contribution >= 0.6 is 0 Å². The Bertz CT molecular complexity index is 1220. The number of hydrogen-bond donors (Lipinski definition) is 1. The quantitative estimate of drug-likeness (QED) is 0.566. The number of hydrazone groups is 1. The van der Waals surface area contributed by atoms with Gasteiger partial charge in [0, 0.05) is 24.9 Å². The largest absolute Gasteiger partial charge is 0.321 e. The number of nitrogens with zero attached hydrogens (tertiary/aromatic N) is 3. The fourth-order valence-electron chi connectivity index (χ4n) is 4.28. The Labute approximate surface area is 197 Å². The summed E-state index contributed by atoms with van der Waals surface area (Å²) in [6.45, 7) is 0.253. The fourth-order valence-corrected chi connectivity index (χ4v) is 4.28. The van der Waals surface area contributed by atoms with E-state index in [0.717, 1.165) is 16.8 Å². The summed E-state index contributed by atoms with van der Waals surface area (Å²) in [4.78, 5) is 38.0. The first-order chi connectivity index (χ1) is 16.6. The van der Waals surface area contributed by atoms with E-state index in [0.29, 0.717) is 17.8 Å². The molecule has 1 saturated heterocycles. The van der Waals surface area contributed by atoms with Crippen LogP contribution in [0.3, 0.4) is 0 Å². The number of carbonyl (C=O) groups excluding carboxylic acids is 3. The number of nitrogens with one attached hydrogen (secondary N) is 1. The van der Waals surface area contributed by atoms with Gasteiger partial charge < -0.3 is 5.32 Å². The van der Waals surface area contributed by atoms with Gasteiger partial charge in [-0.3, -0.25) is 24.3 Å². The molecule has 0 bridgehead atoms. The van der Waals surface area contributed by atoms with Crippen LogP contribution in [0.15, 0.2) is 90.0 Å². The van der Waals surface area contributed by atoms with E-state index in [2.05, 4.69) is 10.4 Å². The van der Waals surface area contributed by atoms with Crippen LogP contribution in [0.4, 0.5) is 11.4 Å². The maximum absolute atomic E-state index is 13.1. The van der Waals surface area contributed by atoms with Gasteiger partial charge in [0.1, 0.15) is 5.71 Å². The number of likely N-dealkylation sites (tertiary alicyclic amines) is 1. The second-order valence-corrected chi connectivity index (χ2v) is 8.38. The molecule has 1 atom stereocenters. The van der Waals surface area contributed by atoms with Gasteiger partial charge in [-0.2, -0.15) is 5.10 Å². The highest BCUT2D eigenvalue weighted by molar-refractivity contribution is 6.43. The van der Waals surface area contributed by atoms with Gasteiger partial charge >= 0.3 is 0 Å². The van der Waals surface area contributed by atoms with E-state index in [1.165, 1.54) is 4.90 Å². The van der Waals surface area contributed by atoms with Gasteiger partial charge in [0.2, 0.25) is 11.8 Å². The SMILES string of the molecule is O=C(Nc1ccc(CN2C(=O)CCC2=O)cc1)C1=NN(c2ccccc2)C(c2ccccc2)C1. The normalized spacial score (nSPS) is 17.8. The highest BCUT2D eigenvalue weighted by atomic mass is 16.2. The van der Waals surface area contributed by atoms with E-state index in [1.54, 1.807) is 12.1 Å².